The van der Waals surface area contributed by atoms with Gasteiger partial charge in [-0.15, -0.1) is 0 Å². The van der Waals surface area contributed by atoms with Gasteiger partial charge in [0.05, 0.1) is 13.5 Å². The van der Waals surface area contributed by atoms with Gasteiger partial charge in [-0.05, 0) is 84.5 Å². The summed E-state index contributed by atoms with van der Waals surface area (Å²) < 4.78 is 41.3. The zero-order chi connectivity index (χ0) is 23.8. The summed E-state index contributed by atoms with van der Waals surface area (Å²) in [5, 5.41) is 9.31. The van der Waals surface area contributed by atoms with Crippen LogP contribution in [0.4, 0.5) is 8.78 Å². The van der Waals surface area contributed by atoms with Crippen LogP contribution in [0.15, 0.2) is 54.6 Å². The molecular weight excluding hydrogens is 438 g/mol. The van der Waals surface area contributed by atoms with Gasteiger partial charge in [0.25, 0.3) is 0 Å². The van der Waals surface area contributed by atoms with Crippen LogP contribution in [0.3, 0.4) is 0 Å². The largest absolute Gasteiger partial charge is 0.497 e. The highest BCUT2D eigenvalue weighted by molar-refractivity contribution is 5.69. The van der Waals surface area contributed by atoms with Crippen LogP contribution in [0.25, 0.3) is 11.1 Å². The third-order valence-corrected chi connectivity index (χ3v) is 6.90. The molecule has 3 aromatic rings. The lowest BCUT2D eigenvalue weighted by molar-refractivity contribution is -0.137. The van der Waals surface area contributed by atoms with Crippen LogP contribution in [0.5, 0.6) is 11.5 Å². The summed E-state index contributed by atoms with van der Waals surface area (Å²) in [7, 11) is 1.49. The molecule has 4 nitrogen and oxygen atoms in total. The minimum absolute atomic E-state index is 0.0188. The molecule has 0 aromatic heterocycles. The Bertz CT molecular complexity index is 1240. The topological polar surface area (TPSA) is 55.8 Å². The zero-order valence-electron chi connectivity index (χ0n) is 18.9. The number of carbonyl (C=O) groups is 1. The van der Waals surface area contributed by atoms with E-state index in [1.54, 1.807) is 6.07 Å². The molecule has 2 aliphatic carbocycles. The van der Waals surface area contributed by atoms with Crippen molar-refractivity contribution in [3.8, 4) is 22.6 Å². The van der Waals surface area contributed by atoms with Gasteiger partial charge in [-0.25, -0.2) is 8.78 Å². The Labute approximate surface area is 197 Å². The molecule has 2 aliphatic rings. The van der Waals surface area contributed by atoms with Crippen molar-refractivity contribution < 1.29 is 28.2 Å². The van der Waals surface area contributed by atoms with Gasteiger partial charge in [-0.1, -0.05) is 24.3 Å². The Kier molecular flexibility index (Phi) is 5.98. The Balaban J connectivity index is 1.40. The van der Waals surface area contributed by atoms with Crippen molar-refractivity contribution in [3.05, 3.63) is 82.9 Å². The lowest BCUT2D eigenvalue weighted by Crippen LogP contribution is -2.09. The number of benzene rings is 3. The Morgan fingerprint density at radius 3 is 2.59 bits per heavy atom. The van der Waals surface area contributed by atoms with Gasteiger partial charge < -0.3 is 14.6 Å². The molecule has 1 N–H and O–H groups in total. The number of hydrogen-bond acceptors (Lipinski definition) is 3. The Morgan fingerprint density at radius 1 is 1.03 bits per heavy atom. The average Bonchev–Trinajstić information content (AvgIpc) is 3.59. The Morgan fingerprint density at radius 2 is 1.85 bits per heavy atom. The van der Waals surface area contributed by atoms with Gasteiger partial charge in [-0.3, -0.25) is 4.79 Å². The van der Waals surface area contributed by atoms with Crippen LogP contribution in [-0.4, -0.2) is 18.2 Å². The van der Waals surface area contributed by atoms with E-state index in [9.17, 15) is 14.3 Å². The molecule has 1 unspecified atom stereocenters. The van der Waals surface area contributed by atoms with Crippen molar-refractivity contribution in [3.63, 3.8) is 0 Å². The molecule has 0 bridgehead atoms. The molecule has 0 spiro atoms. The summed E-state index contributed by atoms with van der Waals surface area (Å²) in [6, 6.07) is 15.3. The maximum absolute atomic E-state index is 15.5. The van der Waals surface area contributed by atoms with E-state index in [0.29, 0.717) is 35.8 Å². The van der Waals surface area contributed by atoms with Crippen molar-refractivity contribution in [2.75, 3.05) is 7.11 Å². The van der Waals surface area contributed by atoms with E-state index in [1.165, 1.54) is 25.3 Å². The maximum atomic E-state index is 15.5. The molecule has 34 heavy (non-hydrogen) atoms. The minimum atomic E-state index is -0.799. The summed E-state index contributed by atoms with van der Waals surface area (Å²) in [5.74, 6) is -0.238. The molecule has 0 heterocycles. The second-order valence-electron chi connectivity index (χ2n) is 9.10. The van der Waals surface area contributed by atoms with Gasteiger partial charge in [0, 0.05) is 11.1 Å². The van der Waals surface area contributed by atoms with Gasteiger partial charge in [0.15, 0.2) is 0 Å². The van der Waals surface area contributed by atoms with Crippen LogP contribution < -0.4 is 9.47 Å². The monoisotopic (exact) mass is 464 g/mol. The molecule has 6 heteroatoms. The number of halogens is 2. The number of methoxy groups -OCH3 is 1. The quantitative estimate of drug-likeness (QED) is 0.404. The molecule has 5 rings (SSSR count). The lowest BCUT2D eigenvalue weighted by Gasteiger charge is -2.19. The van der Waals surface area contributed by atoms with E-state index in [-0.39, 0.29) is 29.6 Å². The van der Waals surface area contributed by atoms with E-state index in [4.69, 9.17) is 9.47 Å². The van der Waals surface area contributed by atoms with Gasteiger partial charge in [0.1, 0.15) is 29.2 Å². The highest BCUT2D eigenvalue weighted by atomic mass is 19.1. The summed E-state index contributed by atoms with van der Waals surface area (Å²) in [6.45, 7) is 0. The minimum Gasteiger partial charge on any atom is -0.497 e. The first-order valence-corrected chi connectivity index (χ1v) is 11.6. The van der Waals surface area contributed by atoms with E-state index < -0.39 is 17.6 Å². The highest BCUT2D eigenvalue weighted by Gasteiger charge is 2.34. The van der Waals surface area contributed by atoms with Crippen molar-refractivity contribution in [1.29, 1.82) is 0 Å². The highest BCUT2D eigenvalue weighted by Crippen LogP contribution is 2.46. The van der Waals surface area contributed by atoms with E-state index in [0.717, 1.165) is 24.0 Å². The van der Waals surface area contributed by atoms with Crippen LogP contribution in [-0.2, 0) is 11.2 Å². The van der Waals surface area contributed by atoms with Crippen LogP contribution in [0.2, 0.25) is 0 Å². The van der Waals surface area contributed by atoms with E-state index in [2.05, 4.69) is 0 Å². The van der Waals surface area contributed by atoms with E-state index in [1.807, 2.05) is 30.3 Å². The fourth-order valence-electron chi connectivity index (χ4n) is 5.02. The fraction of sp³-hybridized carbons (Fsp3) is 0.321. The number of fused-ring (bicyclic) bond motifs is 1. The SMILES string of the molecule is COc1ccc(F)c(-c2ccc3c(c2F)CC[C@H]3Oc2cccc(C(CC(=O)O)C3CC3)c2)c1. The van der Waals surface area contributed by atoms with Crippen molar-refractivity contribution in [1.82, 2.24) is 0 Å². The number of carboxylic acid groups (broad SMARTS) is 1. The molecule has 1 fully saturated rings. The second kappa shape index (κ2) is 9.09. The molecule has 3 aromatic carbocycles. The summed E-state index contributed by atoms with van der Waals surface area (Å²) in [4.78, 5) is 11.3. The molecule has 0 radical (unpaired) electrons. The first-order valence-electron chi connectivity index (χ1n) is 11.6. The molecule has 176 valence electrons. The van der Waals surface area contributed by atoms with Gasteiger partial charge >= 0.3 is 5.97 Å². The van der Waals surface area contributed by atoms with Gasteiger partial charge in [0.2, 0.25) is 0 Å². The zero-order valence-corrected chi connectivity index (χ0v) is 18.9. The third kappa shape index (κ3) is 4.37. The first-order chi connectivity index (χ1) is 16.4. The molecule has 2 atom stereocenters. The predicted octanol–water partition coefficient (Wildman–Crippen LogP) is 6.68. The van der Waals surface area contributed by atoms with Crippen LogP contribution in [0.1, 0.15) is 54.4 Å². The summed E-state index contributed by atoms with van der Waals surface area (Å²) >= 11 is 0. The number of carboxylic acids is 1. The van der Waals surface area contributed by atoms with Crippen molar-refractivity contribution in [2.24, 2.45) is 5.92 Å². The van der Waals surface area contributed by atoms with Crippen LogP contribution in [0, 0.1) is 17.6 Å². The van der Waals surface area contributed by atoms with E-state index >= 15 is 4.39 Å². The lowest BCUT2D eigenvalue weighted by atomic mass is 9.91. The first kappa shape index (κ1) is 22.4. The smallest absolute Gasteiger partial charge is 0.303 e. The second-order valence-corrected chi connectivity index (χ2v) is 9.10. The molecule has 0 saturated heterocycles. The average molecular weight is 465 g/mol. The standard InChI is InChI=1S/C28H26F2O4/c1-33-18-7-11-25(29)24(14-18)22-9-8-20-21(28(22)30)10-12-26(20)34-19-4-2-3-17(13-19)23(15-27(31)32)16-5-6-16/h2-4,7-9,11,13-14,16,23,26H,5-6,10,12,15H2,1H3,(H,31,32)/t23?,26-/m1/s1. The molecule has 0 amide bonds. The molecular formula is C28H26F2O4. The number of hydrogen-bond donors (Lipinski definition) is 1. The summed E-state index contributed by atoms with van der Waals surface area (Å²) in [5.41, 5.74) is 2.65. The molecule has 1 saturated carbocycles. The fourth-order valence-corrected chi connectivity index (χ4v) is 5.02. The predicted molar refractivity (Wildman–Crippen MR) is 124 cm³/mol. The van der Waals surface area contributed by atoms with Crippen LogP contribution >= 0.6 is 0 Å². The third-order valence-electron chi connectivity index (χ3n) is 6.90. The van der Waals surface area contributed by atoms with Gasteiger partial charge in [-0.2, -0.15) is 0 Å². The number of aliphatic carboxylic acids is 1. The van der Waals surface area contributed by atoms with Crippen molar-refractivity contribution >= 4 is 5.97 Å². The normalized spacial score (nSPS) is 17.8. The number of ether oxygens (including phenoxy) is 2. The van der Waals surface area contributed by atoms with Crippen molar-refractivity contribution in [2.45, 2.75) is 44.1 Å². The molecule has 0 aliphatic heterocycles. The Hall–Kier alpha value is -3.41. The number of rotatable bonds is 8. The summed E-state index contributed by atoms with van der Waals surface area (Å²) in [6.07, 6.45) is 3.00. The maximum Gasteiger partial charge on any atom is 0.303 e.